The highest BCUT2D eigenvalue weighted by Gasteiger charge is 2.20. The van der Waals surface area contributed by atoms with Crippen LogP contribution in [0.2, 0.25) is 0 Å². The zero-order valence-corrected chi connectivity index (χ0v) is 14.7. The molecule has 6 nitrogen and oxygen atoms in total. The van der Waals surface area contributed by atoms with Crippen LogP contribution in [0.3, 0.4) is 0 Å². The van der Waals surface area contributed by atoms with Crippen molar-refractivity contribution in [3.8, 4) is 0 Å². The maximum absolute atomic E-state index is 12.5. The first kappa shape index (κ1) is 17.8. The van der Waals surface area contributed by atoms with E-state index >= 15 is 0 Å². The van der Waals surface area contributed by atoms with Crippen LogP contribution in [0, 0.1) is 0 Å². The van der Waals surface area contributed by atoms with Gasteiger partial charge in [0.2, 0.25) is 0 Å². The Kier molecular flexibility index (Phi) is 5.41. The zero-order valence-electron chi connectivity index (χ0n) is 14.7. The van der Waals surface area contributed by atoms with Gasteiger partial charge in [-0.1, -0.05) is 18.2 Å². The quantitative estimate of drug-likeness (QED) is 0.858. The second-order valence-corrected chi connectivity index (χ2v) is 6.35. The molecule has 1 aliphatic heterocycles. The summed E-state index contributed by atoms with van der Waals surface area (Å²) in [5.74, 6) is -0.634. The molecule has 0 aliphatic carbocycles. The van der Waals surface area contributed by atoms with Crippen molar-refractivity contribution in [3.05, 3.63) is 59.4 Å². The molecule has 2 amide bonds. The van der Waals surface area contributed by atoms with Gasteiger partial charge in [0, 0.05) is 24.3 Å². The molecule has 2 aromatic rings. The van der Waals surface area contributed by atoms with Crippen LogP contribution in [0.15, 0.2) is 42.5 Å². The molecule has 0 unspecified atom stereocenters. The van der Waals surface area contributed by atoms with Crippen molar-refractivity contribution in [2.24, 2.45) is 0 Å². The van der Waals surface area contributed by atoms with Crippen molar-refractivity contribution in [3.63, 3.8) is 0 Å². The molecule has 0 bridgehead atoms. The highest BCUT2D eigenvalue weighted by Crippen LogP contribution is 2.14. The standard InChI is InChI=1S/C20H21N3O3/c1-14(24)15-7-5-8-16(13-15)21-19(25)17-9-6-10-18(22-17)20(26)23-11-3-2-4-12-23/h5-10,13H,2-4,11-12H2,1H3,(H,21,25). The number of hydrogen-bond donors (Lipinski definition) is 1. The molecule has 26 heavy (non-hydrogen) atoms. The fourth-order valence-corrected chi connectivity index (χ4v) is 2.95. The normalized spacial score (nSPS) is 14.0. The summed E-state index contributed by atoms with van der Waals surface area (Å²) < 4.78 is 0. The van der Waals surface area contributed by atoms with Crippen LogP contribution >= 0.6 is 0 Å². The Morgan fingerprint density at radius 1 is 0.962 bits per heavy atom. The van der Waals surface area contributed by atoms with Crippen molar-refractivity contribution in [1.29, 1.82) is 0 Å². The van der Waals surface area contributed by atoms with Gasteiger partial charge in [-0.3, -0.25) is 14.4 Å². The van der Waals surface area contributed by atoms with Crippen LogP contribution < -0.4 is 5.32 Å². The van der Waals surface area contributed by atoms with Gasteiger partial charge < -0.3 is 10.2 Å². The summed E-state index contributed by atoms with van der Waals surface area (Å²) in [6.07, 6.45) is 3.13. The Labute approximate surface area is 152 Å². The van der Waals surface area contributed by atoms with Crippen LogP contribution in [0.5, 0.6) is 0 Å². The Hall–Kier alpha value is -3.02. The van der Waals surface area contributed by atoms with Crippen LogP contribution in [-0.4, -0.2) is 40.6 Å². The molecule has 1 N–H and O–H groups in total. The van der Waals surface area contributed by atoms with Gasteiger partial charge in [0.1, 0.15) is 11.4 Å². The minimum absolute atomic E-state index is 0.0756. The van der Waals surface area contributed by atoms with Crippen molar-refractivity contribution in [1.82, 2.24) is 9.88 Å². The van der Waals surface area contributed by atoms with E-state index in [1.165, 1.54) is 6.92 Å². The highest BCUT2D eigenvalue weighted by molar-refractivity contribution is 6.04. The number of carbonyl (C=O) groups excluding carboxylic acids is 3. The van der Waals surface area contributed by atoms with Crippen molar-refractivity contribution < 1.29 is 14.4 Å². The highest BCUT2D eigenvalue weighted by atomic mass is 16.2. The smallest absolute Gasteiger partial charge is 0.274 e. The van der Waals surface area contributed by atoms with Crippen molar-refractivity contribution >= 4 is 23.3 Å². The van der Waals surface area contributed by atoms with Gasteiger partial charge in [-0.25, -0.2) is 4.98 Å². The average molecular weight is 351 g/mol. The largest absolute Gasteiger partial charge is 0.337 e. The zero-order chi connectivity index (χ0) is 18.5. The number of ketones is 1. The summed E-state index contributed by atoms with van der Waals surface area (Å²) in [5.41, 5.74) is 1.47. The third-order valence-electron chi connectivity index (χ3n) is 4.37. The molecule has 6 heteroatoms. The first-order chi connectivity index (χ1) is 12.5. The maximum atomic E-state index is 12.5. The van der Waals surface area contributed by atoms with Gasteiger partial charge in [0.05, 0.1) is 0 Å². The lowest BCUT2D eigenvalue weighted by atomic mass is 10.1. The second-order valence-electron chi connectivity index (χ2n) is 6.35. The van der Waals surface area contributed by atoms with Gasteiger partial charge in [0.25, 0.3) is 11.8 Å². The lowest BCUT2D eigenvalue weighted by Crippen LogP contribution is -2.36. The third-order valence-corrected chi connectivity index (χ3v) is 4.37. The number of rotatable bonds is 4. The van der Waals surface area contributed by atoms with E-state index in [0.29, 0.717) is 11.3 Å². The molecule has 3 rings (SSSR count). The van der Waals surface area contributed by atoms with Crippen LogP contribution in [0.4, 0.5) is 5.69 Å². The minimum Gasteiger partial charge on any atom is -0.337 e. The lowest BCUT2D eigenvalue weighted by molar-refractivity contribution is 0.0718. The van der Waals surface area contributed by atoms with Gasteiger partial charge in [-0.15, -0.1) is 0 Å². The number of hydrogen-bond acceptors (Lipinski definition) is 4. The number of nitrogens with one attached hydrogen (secondary N) is 1. The van der Waals surface area contributed by atoms with Gasteiger partial charge in [0.15, 0.2) is 5.78 Å². The molecular formula is C20H21N3O3. The van der Waals surface area contributed by atoms with E-state index in [-0.39, 0.29) is 23.1 Å². The molecule has 1 aromatic carbocycles. The van der Waals surface area contributed by atoms with Crippen LogP contribution in [0.1, 0.15) is 57.5 Å². The first-order valence-corrected chi connectivity index (χ1v) is 8.73. The first-order valence-electron chi connectivity index (χ1n) is 8.73. The molecule has 134 valence electrons. The number of benzene rings is 1. The monoisotopic (exact) mass is 351 g/mol. The second kappa shape index (κ2) is 7.91. The molecule has 0 radical (unpaired) electrons. The summed E-state index contributed by atoms with van der Waals surface area (Å²) in [5, 5.41) is 2.72. The molecule has 1 saturated heterocycles. The minimum atomic E-state index is -0.418. The topological polar surface area (TPSA) is 79.4 Å². The van der Waals surface area contributed by atoms with E-state index in [2.05, 4.69) is 10.3 Å². The van der Waals surface area contributed by atoms with E-state index in [1.807, 2.05) is 0 Å². The summed E-state index contributed by atoms with van der Waals surface area (Å²) in [7, 11) is 0. The number of nitrogens with zero attached hydrogens (tertiary/aromatic N) is 2. The number of aromatic nitrogens is 1. The molecule has 0 spiro atoms. The van der Waals surface area contributed by atoms with E-state index in [0.717, 1.165) is 32.4 Å². The summed E-state index contributed by atoms with van der Waals surface area (Å²) in [4.78, 5) is 42.5. The number of anilines is 1. The number of pyridine rings is 1. The SMILES string of the molecule is CC(=O)c1cccc(NC(=O)c2cccc(C(=O)N3CCCCC3)n2)c1. The van der Waals surface area contributed by atoms with E-state index in [4.69, 9.17) is 0 Å². The third kappa shape index (κ3) is 4.14. The lowest BCUT2D eigenvalue weighted by Gasteiger charge is -2.26. The van der Waals surface area contributed by atoms with Crippen molar-refractivity contribution in [2.45, 2.75) is 26.2 Å². The van der Waals surface area contributed by atoms with E-state index < -0.39 is 5.91 Å². The molecular weight excluding hydrogens is 330 g/mol. The van der Waals surface area contributed by atoms with Gasteiger partial charge in [-0.05, 0) is 50.5 Å². The molecule has 2 heterocycles. The molecule has 0 saturated carbocycles. The predicted octanol–water partition coefficient (Wildman–Crippen LogP) is 3.16. The fourth-order valence-electron chi connectivity index (χ4n) is 2.95. The summed E-state index contributed by atoms with van der Waals surface area (Å²) in [6, 6.07) is 11.6. The Balaban J connectivity index is 1.75. The summed E-state index contributed by atoms with van der Waals surface area (Å²) >= 11 is 0. The average Bonchev–Trinajstić information content (AvgIpc) is 2.68. The number of carbonyl (C=O) groups is 3. The van der Waals surface area contributed by atoms with E-state index in [9.17, 15) is 14.4 Å². The number of likely N-dealkylation sites (tertiary alicyclic amines) is 1. The Bertz CT molecular complexity index is 842. The molecule has 1 fully saturated rings. The maximum Gasteiger partial charge on any atom is 0.274 e. The van der Waals surface area contributed by atoms with Gasteiger partial charge >= 0.3 is 0 Å². The van der Waals surface area contributed by atoms with E-state index in [1.54, 1.807) is 47.4 Å². The van der Waals surface area contributed by atoms with Crippen LogP contribution in [-0.2, 0) is 0 Å². The molecule has 0 atom stereocenters. The number of amides is 2. The fraction of sp³-hybridized carbons (Fsp3) is 0.300. The van der Waals surface area contributed by atoms with Gasteiger partial charge in [-0.2, -0.15) is 0 Å². The molecule has 1 aliphatic rings. The molecule has 1 aromatic heterocycles. The Morgan fingerprint density at radius 2 is 1.65 bits per heavy atom. The predicted molar refractivity (Wildman–Crippen MR) is 98.4 cm³/mol. The Morgan fingerprint density at radius 3 is 2.38 bits per heavy atom. The summed E-state index contributed by atoms with van der Waals surface area (Å²) in [6.45, 7) is 2.93. The van der Waals surface area contributed by atoms with Crippen LogP contribution in [0.25, 0.3) is 0 Å². The van der Waals surface area contributed by atoms with Crippen molar-refractivity contribution in [2.75, 3.05) is 18.4 Å². The number of piperidine rings is 1. The number of Topliss-reactive ketones (excluding diaryl/α,β-unsaturated/α-hetero) is 1.